The SMILES string of the molecule is NCCN(CCN)CCN1CCCCC1. The molecule has 0 aliphatic carbocycles. The number of nitrogens with two attached hydrogens (primary N) is 2. The summed E-state index contributed by atoms with van der Waals surface area (Å²) in [6.07, 6.45) is 4.15. The Hall–Kier alpha value is -0.160. The Morgan fingerprint density at radius 3 is 2.00 bits per heavy atom. The van der Waals surface area contributed by atoms with Crippen LogP contribution in [0.2, 0.25) is 0 Å². The van der Waals surface area contributed by atoms with Crippen LogP contribution in [0.5, 0.6) is 0 Å². The van der Waals surface area contributed by atoms with Crippen molar-refractivity contribution in [1.82, 2.24) is 9.80 Å². The number of hydrogen-bond acceptors (Lipinski definition) is 4. The van der Waals surface area contributed by atoms with Gasteiger partial charge < -0.3 is 16.4 Å². The molecule has 0 amide bonds. The number of piperidine rings is 1. The van der Waals surface area contributed by atoms with Crippen LogP contribution in [0.15, 0.2) is 0 Å². The molecular formula is C11H26N4. The molecule has 0 unspecified atom stereocenters. The molecule has 1 heterocycles. The second-order valence-corrected chi connectivity index (χ2v) is 4.32. The lowest BCUT2D eigenvalue weighted by Crippen LogP contribution is -2.41. The second kappa shape index (κ2) is 8.05. The summed E-state index contributed by atoms with van der Waals surface area (Å²) in [4.78, 5) is 4.93. The van der Waals surface area contributed by atoms with Gasteiger partial charge in [0.05, 0.1) is 0 Å². The van der Waals surface area contributed by atoms with Crippen molar-refractivity contribution in [3.63, 3.8) is 0 Å². The van der Waals surface area contributed by atoms with E-state index in [1.807, 2.05) is 0 Å². The van der Waals surface area contributed by atoms with Crippen molar-refractivity contribution < 1.29 is 0 Å². The molecule has 90 valence electrons. The minimum absolute atomic E-state index is 0.736. The van der Waals surface area contributed by atoms with E-state index in [0.717, 1.165) is 32.7 Å². The molecule has 0 aromatic rings. The minimum atomic E-state index is 0.736. The van der Waals surface area contributed by atoms with Gasteiger partial charge in [0.1, 0.15) is 0 Å². The van der Waals surface area contributed by atoms with Crippen LogP contribution in [-0.4, -0.2) is 62.2 Å². The molecule has 0 aromatic heterocycles. The van der Waals surface area contributed by atoms with E-state index in [1.165, 1.54) is 38.9 Å². The fourth-order valence-electron chi connectivity index (χ4n) is 2.17. The summed E-state index contributed by atoms with van der Waals surface area (Å²) in [6, 6.07) is 0. The highest BCUT2D eigenvalue weighted by Crippen LogP contribution is 2.07. The zero-order chi connectivity index (χ0) is 10.9. The molecule has 1 fully saturated rings. The molecule has 0 saturated carbocycles. The van der Waals surface area contributed by atoms with Crippen molar-refractivity contribution in [2.45, 2.75) is 19.3 Å². The molecular weight excluding hydrogens is 188 g/mol. The molecule has 0 aromatic carbocycles. The first kappa shape index (κ1) is 12.9. The van der Waals surface area contributed by atoms with E-state index in [2.05, 4.69) is 9.80 Å². The molecule has 0 spiro atoms. The van der Waals surface area contributed by atoms with Crippen LogP contribution in [-0.2, 0) is 0 Å². The molecule has 1 aliphatic rings. The lowest BCUT2D eigenvalue weighted by Gasteiger charge is -2.29. The second-order valence-electron chi connectivity index (χ2n) is 4.32. The summed E-state index contributed by atoms with van der Waals surface area (Å²) in [5.41, 5.74) is 11.1. The Morgan fingerprint density at radius 2 is 1.47 bits per heavy atom. The van der Waals surface area contributed by atoms with Crippen molar-refractivity contribution in [3.8, 4) is 0 Å². The van der Waals surface area contributed by atoms with Crippen LogP contribution in [0.1, 0.15) is 19.3 Å². The van der Waals surface area contributed by atoms with Crippen molar-refractivity contribution >= 4 is 0 Å². The van der Waals surface area contributed by atoms with E-state index in [4.69, 9.17) is 11.5 Å². The normalized spacial score (nSPS) is 18.6. The van der Waals surface area contributed by atoms with E-state index in [0.29, 0.717) is 0 Å². The smallest absolute Gasteiger partial charge is 0.0110 e. The third-order valence-electron chi connectivity index (χ3n) is 3.07. The van der Waals surface area contributed by atoms with Gasteiger partial charge in [-0.05, 0) is 25.9 Å². The third-order valence-corrected chi connectivity index (χ3v) is 3.07. The molecule has 0 radical (unpaired) electrons. The first-order chi connectivity index (χ1) is 7.36. The maximum absolute atomic E-state index is 5.57. The highest BCUT2D eigenvalue weighted by molar-refractivity contribution is 4.67. The third kappa shape index (κ3) is 5.47. The summed E-state index contributed by atoms with van der Waals surface area (Å²) >= 11 is 0. The Bertz CT molecular complexity index is 140. The van der Waals surface area contributed by atoms with Crippen LogP contribution < -0.4 is 11.5 Å². The molecule has 1 saturated heterocycles. The Labute approximate surface area is 93.6 Å². The maximum atomic E-state index is 5.57. The molecule has 0 atom stereocenters. The van der Waals surface area contributed by atoms with Crippen molar-refractivity contribution in [2.24, 2.45) is 11.5 Å². The molecule has 1 aliphatic heterocycles. The first-order valence-corrected chi connectivity index (χ1v) is 6.21. The van der Waals surface area contributed by atoms with Gasteiger partial charge in [0.2, 0.25) is 0 Å². The lowest BCUT2D eigenvalue weighted by atomic mass is 10.1. The van der Waals surface area contributed by atoms with Gasteiger partial charge >= 0.3 is 0 Å². The summed E-state index contributed by atoms with van der Waals surface area (Å²) in [5.74, 6) is 0. The predicted molar refractivity (Wildman–Crippen MR) is 64.8 cm³/mol. The predicted octanol–water partition coefficient (Wildman–Crippen LogP) is -0.308. The summed E-state index contributed by atoms with van der Waals surface area (Å²) < 4.78 is 0. The zero-order valence-corrected chi connectivity index (χ0v) is 9.83. The molecule has 1 rings (SSSR count). The van der Waals surface area contributed by atoms with Crippen LogP contribution in [0.25, 0.3) is 0 Å². The highest BCUT2D eigenvalue weighted by atomic mass is 15.2. The Morgan fingerprint density at radius 1 is 0.867 bits per heavy atom. The van der Waals surface area contributed by atoms with Crippen molar-refractivity contribution in [3.05, 3.63) is 0 Å². The molecule has 4 heteroatoms. The van der Waals surface area contributed by atoms with E-state index in [9.17, 15) is 0 Å². The van der Waals surface area contributed by atoms with Crippen LogP contribution in [0, 0.1) is 0 Å². The topological polar surface area (TPSA) is 58.5 Å². The van der Waals surface area contributed by atoms with E-state index >= 15 is 0 Å². The van der Waals surface area contributed by atoms with Gasteiger partial charge in [0.15, 0.2) is 0 Å². The molecule has 4 N–H and O–H groups in total. The first-order valence-electron chi connectivity index (χ1n) is 6.21. The molecule has 15 heavy (non-hydrogen) atoms. The van der Waals surface area contributed by atoms with Gasteiger partial charge in [-0.2, -0.15) is 0 Å². The zero-order valence-electron chi connectivity index (χ0n) is 9.83. The van der Waals surface area contributed by atoms with Gasteiger partial charge in [0.25, 0.3) is 0 Å². The van der Waals surface area contributed by atoms with Gasteiger partial charge in [0, 0.05) is 39.3 Å². The van der Waals surface area contributed by atoms with Crippen molar-refractivity contribution in [1.29, 1.82) is 0 Å². The average molecular weight is 214 g/mol. The van der Waals surface area contributed by atoms with E-state index < -0.39 is 0 Å². The highest BCUT2D eigenvalue weighted by Gasteiger charge is 2.11. The summed E-state index contributed by atoms with van der Waals surface area (Å²) in [6.45, 7) is 8.28. The average Bonchev–Trinajstić information content (AvgIpc) is 2.28. The number of nitrogens with zero attached hydrogens (tertiary/aromatic N) is 2. The van der Waals surface area contributed by atoms with Gasteiger partial charge in [-0.3, -0.25) is 4.90 Å². The molecule has 0 bridgehead atoms. The largest absolute Gasteiger partial charge is 0.329 e. The fraction of sp³-hybridized carbons (Fsp3) is 1.00. The van der Waals surface area contributed by atoms with Crippen LogP contribution in [0.3, 0.4) is 0 Å². The lowest BCUT2D eigenvalue weighted by molar-refractivity contribution is 0.185. The van der Waals surface area contributed by atoms with Gasteiger partial charge in [-0.15, -0.1) is 0 Å². The van der Waals surface area contributed by atoms with Gasteiger partial charge in [-0.1, -0.05) is 6.42 Å². The van der Waals surface area contributed by atoms with Crippen molar-refractivity contribution in [2.75, 3.05) is 52.4 Å². The Kier molecular flexibility index (Phi) is 6.92. The number of rotatable bonds is 7. The Balaban J connectivity index is 2.13. The minimum Gasteiger partial charge on any atom is -0.329 e. The van der Waals surface area contributed by atoms with Crippen LogP contribution >= 0.6 is 0 Å². The van der Waals surface area contributed by atoms with Crippen LogP contribution in [0.4, 0.5) is 0 Å². The van der Waals surface area contributed by atoms with E-state index in [1.54, 1.807) is 0 Å². The number of likely N-dealkylation sites (tertiary alicyclic amines) is 1. The fourth-order valence-corrected chi connectivity index (χ4v) is 2.17. The summed E-state index contributed by atoms with van der Waals surface area (Å²) in [5, 5.41) is 0. The summed E-state index contributed by atoms with van der Waals surface area (Å²) in [7, 11) is 0. The monoisotopic (exact) mass is 214 g/mol. The van der Waals surface area contributed by atoms with Gasteiger partial charge in [-0.25, -0.2) is 0 Å². The molecule has 4 nitrogen and oxygen atoms in total. The quantitative estimate of drug-likeness (QED) is 0.610. The standard InChI is InChI=1S/C11H26N4/c12-4-8-15(9-5-13)11-10-14-6-2-1-3-7-14/h1-13H2. The maximum Gasteiger partial charge on any atom is 0.0110 e. The number of hydrogen-bond donors (Lipinski definition) is 2. The van der Waals surface area contributed by atoms with E-state index in [-0.39, 0.29) is 0 Å².